The highest BCUT2D eigenvalue weighted by atomic mass is 16.5. The molecule has 6 nitrogen and oxygen atoms in total. The van der Waals surface area contributed by atoms with Crippen molar-refractivity contribution in [2.45, 2.75) is 32.6 Å². The van der Waals surface area contributed by atoms with Crippen LogP contribution in [0.2, 0.25) is 0 Å². The molecule has 0 aromatic carbocycles. The minimum absolute atomic E-state index is 0.0958. The second-order valence-electron chi connectivity index (χ2n) is 4.83. The van der Waals surface area contributed by atoms with E-state index in [1.807, 2.05) is 6.92 Å². The highest BCUT2D eigenvalue weighted by Gasteiger charge is 2.09. The van der Waals surface area contributed by atoms with Crippen LogP contribution in [0.5, 0.6) is 0 Å². The molecule has 1 atom stereocenters. The van der Waals surface area contributed by atoms with E-state index >= 15 is 0 Å². The van der Waals surface area contributed by atoms with Crippen molar-refractivity contribution in [2.24, 2.45) is 5.92 Å². The fourth-order valence-corrected chi connectivity index (χ4v) is 1.62. The number of carboxylic acid groups (broad SMARTS) is 1. The maximum Gasteiger partial charge on any atom is 0.317 e. The summed E-state index contributed by atoms with van der Waals surface area (Å²) in [7, 11) is 3.39. The number of ether oxygens (including phenoxy) is 1. The van der Waals surface area contributed by atoms with Gasteiger partial charge in [-0.3, -0.25) is 4.79 Å². The van der Waals surface area contributed by atoms with Crippen molar-refractivity contribution in [3.05, 3.63) is 0 Å². The second-order valence-corrected chi connectivity index (χ2v) is 4.83. The predicted octanol–water partition coefficient (Wildman–Crippen LogP) is 1.56. The van der Waals surface area contributed by atoms with E-state index in [9.17, 15) is 9.59 Å². The van der Waals surface area contributed by atoms with Crippen LogP contribution in [-0.2, 0) is 9.53 Å². The highest BCUT2D eigenvalue weighted by Crippen LogP contribution is 2.09. The summed E-state index contributed by atoms with van der Waals surface area (Å²) in [5.74, 6) is -0.469. The Hall–Kier alpha value is -1.30. The molecule has 112 valence electrons. The van der Waals surface area contributed by atoms with Crippen LogP contribution in [0.4, 0.5) is 4.79 Å². The Kier molecular flexibility index (Phi) is 9.88. The topological polar surface area (TPSA) is 78.9 Å². The summed E-state index contributed by atoms with van der Waals surface area (Å²) < 4.78 is 4.92. The van der Waals surface area contributed by atoms with Gasteiger partial charge in [-0.2, -0.15) is 0 Å². The Morgan fingerprint density at radius 1 is 1.37 bits per heavy atom. The molecular weight excluding hydrogens is 248 g/mol. The molecule has 0 aliphatic carbocycles. The van der Waals surface area contributed by atoms with E-state index in [0.29, 0.717) is 32.0 Å². The second kappa shape index (κ2) is 10.6. The van der Waals surface area contributed by atoms with Crippen molar-refractivity contribution in [3.63, 3.8) is 0 Å². The van der Waals surface area contributed by atoms with E-state index < -0.39 is 5.97 Å². The molecule has 2 amide bonds. The first kappa shape index (κ1) is 17.7. The molecule has 0 heterocycles. The van der Waals surface area contributed by atoms with Crippen LogP contribution >= 0.6 is 0 Å². The summed E-state index contributed by atoms with van der Waals surface area (Å²) in [6.07, 6.45) is 2.45. The maximum absolute atomic E-state index is 11.7. The van der Waals surface area contributed by atoms with Crippen molar-refractivity contribution < 1.29 is 19.4 Å². The molecule has 19 heavy (non-hydrogen) atoms. The summed E-state index contributed by atoms with van der Waals surface area (Å²) in [5, 5.41) is 11.4. The molecule has 0 saturated carbocycles. The minimum Gasteiger partial charge on any atom is -0.481 e. The quantitative estimate of drug-likeness (QED) is 0.592. The lowest BCUT2D eigenvalue weighted by Gasteiger charge is -2.18. The van der Waals surface area contributed by atoms with Crippen molar-refractivity contribution in [3.8, 4) is 0 Å². The molecule has 0 aromatic heterocycles. The molecular formula is C13H26N2O4. The molecule has 0 spiro atoms. The number of nitrogens with one attached hydrogen (secondary N) is 1. The van der Waals surface area contributed by atoms with Gasteiger partial charge in [0.15, 0.2) is 0 Å². The van der Waals surface area contributed by atoms with Crippen LogP contribution in [0.25, 0.3) is 0 Å². The first-order valence-corrected chi connectivity index (χ1v) is 6.67. The zero-order valence-corrected chi connectivity index (χ0v) is 12.1. The molecule has 0 aromatic rings. The SMILES string of the molecule is COCCCN(C)C(=O)NCCC(C)CCC(=O)O. The summed E-state index contributed by atoms with van der Waals surface area (Å²) in [6.45, 7) is 3.88. The van der Waals surface area contributed by atoms with Crippen LogP contribution in [0.1, 0.15) is 32.6 Å². The molecule has 0 bridgehead atoms. The van der Waals surface area contributed by atoms with Crippen molar-refractivity contribution in [1.82, 2.24) is 10.2 Å². The lowest BCUT2D eigenvalue weighted by molar-refractivity contribution is -0.137. The summed E-state index contributed by atoms with van der Waals surface area (Å²) in [4.78, 5) is 23.7. The van der Waals surface area contributed by atoms with Gasteiger partial charge < -0.3 is 20.1 Å². The van der Waals surface area contributed by atoms with Gasteiger partial charge in [0, 0.05) is 40.3 Å². The third-order valence-electron chi connectivity index (χ3n) is 2.95. The van der Waals surface area contributed by atoms with Crippen LogP contribution in [0.3, 0.4) is 0 Å². The third-order valence-corrected chi connectivity index (χ3v) is 2.95. The summed E-state index contributed by atoms with van der Waals surface area (Å²) in [6, 6.07) is -0.0958. The molecule has 0 rings (SSSR count). The largest absolute Gasteiger partial charge is 0.481 e. The number of hydrogen-bond acceptors (Lipinski definition) is 3. The van der Waals surface area contributed by atoms with Gasteiger partial charge in [-0.25, -0.2) is 4.79 Å². The van der Waals surface area contributed by atoms with E-state index in [1.165, 1.54) is 0 Å². The number of carbonyl (C=O) groups is 2. The highest BCUT2D eigenvalue weighted by molar-refractivity contribution is 5.73. The Morgan fingerprint density at radius 3 is 2.63 bits per heavy atom. The van der Waals surface area contributed by atoms with E-state index in [0.717, 1.165) is 12.8 Å². The Bertz CT molecular complexity index is 271. The van der Waals surface area contributed by atoms with Gasteiger partial charge in [-0.15, -0.1) is 0 Å². The normalized spacial score (nSPS) is 11.9. The fourth-order valence-electron chi connectivity index (χ4n) is 1.62. The van der Waals surface area contributed by atoms with Crippen LogP contribution in [0, 0.1) is 5.92 Å². The molecule has 0 fully saturated rings. The lowest BCUT2D eigenvalue weighted by Crippen LogP contribution is -2.38. The Balaban J connectivity index is 3.63. The molecule has 0 aliphatic heterocycles. The maximum atomic E-state index is 11.7. The number of nitrogens with zero attached hydrogens (tertiary/aromatic N) is 1. The third kappa shape index (κ3) is 10.3. The van der Waals surface area contributed by atoms with Gasteiger partial charge in [0.05, 0.1) is 0 Å². The molecule has 0 saturated heterocycles. The van der Waals surface area contributed by atoms with Crippen LogP contribution in [0.15, 0.2) is 0 Å². The van der Waals surface area contributed by atoms with Gasteiger partial charge in [0.25, 0.3) is 0 Å². The monoisotopic (exact) mass is 274 g/mol. The smallest absolute Gasteiger partial charge is 0.317 e. The predicted molar refractivity (Wildman–Crippen MR) is 73.2 cm³/mol. The van der Waals surface area contributed by atoms with Gasteiger partial charge >= 0.3 is 12.0 Å². The number of rotatable bonds is 10. The van der Waals surface area contributed by atoms with Crippen molar-refractivity contribution >= 4 is 12.0 Å². The number of aliphatic carboxylic acids is 1. The summed E-state index contributed by atoms with van der Waals surface area (Å²) >= 11 is 0. The van der Waals surface area contributed by atoms with E-state index in [2.05, 4.69) is 5.32 Å². The average molecular weight is 274 g/mol. The lowest BCUT2D eigenvalue weighted by atomic mass is 10.0. The number of carboxylic acids is 1. The number of methoxy groups -OCH3 is 1. The van der Waals surface area contributed by atoms with Crippen LogP contribution in [-0.4, -0.2) is 55.9 Å². The number of urea groups is 1. The van der Waals surface area contributed by atoms with E-state index in [1.54, 1.807) is 19.1 Å². The van der Waals surface area contributed by atoms with E-state index in [-0.39, 0.29) is 12.5 Å². The summed E-state index contributed by atoms with van der Waals surface area (Å²) in [5.41, 5.74) is 0. The zero-order valence-electron chi connectivity index (χ0n) is 12.1. The van der Waals surface area contributed by atoms with Gasteiger partial charge in [0.2, 0.25) is 0 Å². The van der Waals surface area contributed by atoms with Crippen molar-refractivity contribution in [2.75, 3.05) is 33.9 Å². The molecule has 1 unspecified atom stereocenters. The minimum atomic E-state index is -0.770. The van der Waals surface area contributed by atoms with Gasteiger partial charge in [-0.1, -0.05) is 6.92 Å². The van der Waals surface area contributed by atoms with Gasteiger partial charge in [-0.05, 0) is 25.2 Å². The molecule has 0 aliphatic rings. The standard InChI is InChI=1S/C13H26N2O4/c1-11(5-6-12(16)17)7-8-14-13(18)15(2)9-4-10-19-3/h11H,4-10H2,1-3H3,(H,14,18)(H,16,17). The number of hydrogen-bond donors (Lipinski definition) is 2. The van der Waals surface area contributed by atoms with Gasteiger partial charge in [0.1, 0.15) is 0 Å². The first-order chi connectivity index (χ1) is 8.97. The van der Waals surface area contributed by atoms with Crippen LogP contribution < -0.4 is 5.32 Å². The Morgan fingerprint density at radius 2 is 2.05 bits per heavy atom. The van der Waals surface area contributed by atoms with E-state index in [4.69, 9.17) is 9.84 Å². The molecule has 2 N–H and O–H groups in total. The number of amides is 2. The fraction of sp³-hybridized carbons (Fsp3) is 0.846. The zero-order chi connectivity index (χ0) is 14.7. The molecule has 6 heteroatoms. The number of carbonyl (C=O) groups excluding carboxylic acids is 1. The molecule has 0 radical (unpaired) electrons. The first-order valence-electron chi connectivity index (χ1n) is 6.67. The average Bonchev–Trinajstić information content (AvgIpc) is 2.36. The van der Waals surface area contributed by atoms with Crippen molar-refractivity contribution in [1.29, 1.82) is 0 Å². The Labute approximate surface area is 115 Å².